The maximum Gasteiger partial charge on any atom is 0.242 e. The Hall–Kier alpha value is -3.89. The van der Waals surface area contributed by atoms with E-state index in [2.05, 4.69) is 5.32 Å². The molecule has 0 saturated carbocycles. The van der Waals surface area contributed by atoms with Gasteiger partial charge in [-0.3, -0.25) is 9.59 Å². The molecule has 0 aliphatic rings. The van der Waals surface area contributed by atoms with Crippen LogP contribution in [0.4, 0.5) is 0 Å². The number of rotatable bonds is 14. The van der Waals surface area contributed by atoms with Gasteiger partial charge >= 0.3 is 0 Å². The molecule has 214 valence electrons. The number of carbonyl (C=O) groups is 2. The summed E-state index contributed by atoms with van der Waals surface area (Å²) >= 11 is 0. The maximum absolute atomic E-state index is 13.6. The normalized spacial score (nSPS) is 12.0. The minimum Gasteiger partial charge on any atom is -0.497 e. The predicted octanol–water partition coefficient (Wildman–Crippen LogP) is 3.24. The molecule has 2 amide bonds. The number of benzene rings is 3. The lowest BCUT2D eigenvalue weighted by molar-refractivity contribution is -0.140. The van der Waals surface area contributed by atoms with Crippen molar-refractivity contribution in [3.8, 4) is 11.5 Å². The zero-order valence-electron chi connectivity index (χ0n) is 23.4. The van der Waals surface area contributed by atoms with Gasteiger partial charge in [0.2, 0.25) is 21.8 Å². The molecule has 0 unspecified atom stereocenters. The molecule has 0 heterocycles. The fourth-order valence-corrected chi connectivity index (χ4v) is 4.83. The zero-order chi connectivity index (χ0) is 29.1. The lowest BCUT2D eigenvalue weighted by atomic mass is 10.1. The number of ether oxygens (including phenoxy) is 2. The van der Waals surface area contributed by atoms with Gasteiger partial charge in [-0.25, -0.2) is 8.42 Å². The van der Waals surface area contributed by atoms with Crippen molar-refractivity contribution in [2.24, 2.45) is 0 Å². The van der Waals surface area contributed by atoms with Gasteiger partial charge in [-0.05, 0) is 54.3 Å². The second-order valence-electron chi connectivity index (χ2n) is 9.45. The summed E-state index contributed by atoms with van der Waals surface area (Å²) in [6.07, 6.45) is 1.68. The molecule has 1 N–H and O–H groups in total. The average Bonchev–Trinajstić information content (AvgIpc) is 2.95. The Morgan fingerprint density at radius 1 is 0.800 bits per heavy atom. The molecule has 0 saturated heterocycles. The quantitative estimate of drug-likeness (QED) is 0.321. The predicted molar refractivity (Wildman–Crippen MR) is 154 cm³/mol. The van der Waals surface area contributed by atoms with E-state index in [4.69, 9.17) is 9.47 Å². The molecule has 3 rings (SSSR count). The van der Waals surface area contributed by atoms with Crippen LogP contribution in [0, 0.1) is 0 Å². The number of hydrogen-bond acceptors (Lipinski definition) is 6. The Morgan fingerprint density at radius 2 is 1.32 bits per heavy atom. The van der Waals surface area contributed by atoms with Crippen molar-refractivity contribution in [1.82, 2.24) is 14.5 Å². The Labute approximate surface area is 236 Å². The topological polar surface area (TPSA) is 105 Å². The Balaban J connectivity index is 1.75. The molecular formula is C30H37N3O6S. The first-order valence-corrected chi connectivity index (χ1v) is 14.8. The summed E-state index contributed by atoms with van der Waals surface area (Å²) in [6.45, 7) is 1.80. The Bertz CT molecular complexity index is 1350. The van der Waals surface area contributed by atoms with E-state index in [9.17, 15) is 18.0 Å². The lowest BCUT2D eigenvalue weighted by Gasteiger charge is -2.31. The van der Waals surface area contributed by atoms with Crippen molar-refractivity contribution < 1.29 is 27.5 Å². The first kappa shape index (κ1) is 30.6. The van der Waals surface area contributed by atoms with Gasteiger partial charge in [0.05, 0.1) is 27.0 Å². The highest BCUT2D eigenvalue weighted by atomic mass is 32.2. The molecule has 0 aromatic heterocycles. The molecule has 0 spiro atoms. The average molecular weight is 568 g/mol. The summed E-state index contributed by atoms with van der Waals surface area (Å²) in [4.78, 5) is 28.2. The summed E-state index contributed by atoms with van der Waals surface area (Å²) in [7, 11) is -0.541. The molecule has 3 aromatic carbocycles. The molecule has 3 aromatic rings. The lowest BCUT2D eigenvalue weighted by Crippen LogP contribution is -2.51. The molecule has 0 aliphatic heterocycles. The van der Waals surface area contributed by atoms with E-state index in [1.807, 2.05) is 54.6 Å². The van der Waals surface area contributed by atoms with E-state index >= 15 is 0 Å². The van der Waals surface area contributed by atoms with Crippen LogP contribution in [0.2, 0.25) is 0 Å². The maximum atomic E-state index is 13.6. The van der Waals surface area contributed by atoms with Crippen molar-refractivity contribution in [2.45, 2.75) is 32.5 Å². The number of nitrogens with one attached hydrogen (secondary N) is 1. The van der Waals surface area contributed by atoms with Crippen LogP contribution >= 0.6 is 0 Å². The van der Waals surface area contributed by atoms with Crippen LogP contribution in [-0.2, 0) is 39.1 Å². The second-order valence-corrected chi connectivity index (χ2v) is 11.4. The fraction of sp³-hybridized carbons (Fsp3) is 0.333. The third-order valence-electron chi connectivity index (χ3n) is 6.53. The monoisotopic (exact) mass is 567 g/mol. The molecular weight excluding hydrogens is 530 g/mol. The van der Waals surface area contributed by atoms with Crippen LogP contribution in [0.15, 0.2) is 78.9 Å². The third kappa shape index (κ3) is 9.10. The summed E-state index contributed by atoms with van der Waals surface area (Å²) < 4.78 is 36.7. The van der Waals surface area contributed by atoms with Crippen LogP contribution < -0.4 is 14.8 Å². The summed E-state index contributed by atoms with van der Waals surface area (Å²) in [5.74, 6) is 0.612. The number of sulfonamides is 1. The largest absolute Gasteiger partial charge is 0.497 e. The zero-order valence-corrected chi connectivity index (χ0v) is 24.2. The van der Waals surface area contributed by atoms with Crippen molar-refractivity contribution in [3.63, 3.8) is 0 Å². The molecule has 0 fully saturated rings. The number of nitrogens with zero attached hydrogens (tertiary/aromatic N) is 2. The number of carbonyl (C=O) groups excluding carboxylic acids is 2. The van der Waals surface area contributed by atoms with Gasteiger partial charge in [-0.15, -0.1) is 0 Å². The van der Waals surface area contributed by atoms with E-state index < -0.39 is 28.5 Å². The van der Waals surface area contributed by atoms with E-state index in [0.717, 1.165) is 33.0 Å². The first-order valence-electron chi connectivity index (χ1n) is 12.9. The molecule has 0 radical (unpaired) electrons. The first-order chi connectivity index (χ1) is 19.1. The van der Waals surface area contributed by atoms with Gasteiger partial charge in [0.1, 0.15) is 17.5 Å². The minimum atomic E-state index is -3.71. The van der Waals surface area contributed by atoms with E-state index in [1.54, 1.807) is 45.4 Å². The minimum absolute atomic E-state index is 0.0459. The molecule has 0 bridgehead atoms. The highest BCUT2D eigenvalue weighted by Crippen LogP contribution is 2.17. The van der Waals surface area contributed by atoms with Crippen LogP contribution in [0.3, 0.4) is 0 Å². The summed E-state index contributed by atoms with van der Waals surface area (Å²) in [5, 5.41) is 2.91. The number of methoxy groups -OCH3 is 2. The van der Waals surface area contributed by atoms with Gasteiger partial charge in [0.15, 0.2) is 0 Å². The van der Waals surface area contributed by atoms with Gasteiger partial charge in [-0.1, -0.05) is 54.6 Å². The Kier molecular flexibility index (Phi) is 11.1. The number of amides is 2. The molecule has 40 heavy (non-hydrogen) atoms. The van der Waals surface area contributed by atoms with Crippen LogP contribution in [0.5, 0.6) is 11.5 Å². The van der Waals surface area contributed by atoms with Crippen LogP contribution in [0.1, 0.15) is 23.6 Å². The molecule has 9 nitrogen and oxygen atoms in total. The smallest absolute Gasteiger partial charge is 0.242 e. The third-order valence-corrected chi connectivity index (χ3v) is 7.73. The SMILES string of the molecule is COc1ccc(CCNC(=O)[C@@H](C)N(Cc2ccc(OC)cc2)C(=O)CN(Cc2ccccc2)S(C)(=O)=O)cc1. The van der Waals surface area contributed by atoms with E-state index in [0.29, 0.717) is 18.7 Å². The summed E-state index contributed by atoms with van der Waals surface area (Å²) in [6, 6.07) is 23.0. The van der Waals surface area contributed by atoms with Crippen LogP contribution in [0.25, 0.3) is 0 Å². The molecule has 1 atom stereocenters. The van der Waals surface area contributed by atoms with Gasteiger partial charge in [-0.2, -0.15) is 4.31 Å². The van der Waals surface area contributed by atoms with Gasteiger partial charge < -0.3 is 19.7 Å². The highest BCUT2D eigenvalue weighted by molar-refractivity contribution is 7.88. The second kappa shape index (κ2) is 14.5. The Morgan fingerprint density at radius 3 is 1.85 bits per heavy atom. The van der Waals surface area contributed by atoms with Crippen molar-refractivity contribution in [3.05, 3.63) is 95.6 Å². The molecule has 10 heteroatoms. The van der Waals surface area contributed by atoms with Crippen LogP contribution in [-0.4, -0.2) is 69.0 Å². The highest BCUT2D eigenvalue weighted by Gasteiger charge is 2.29. The van der Waals surface area contributed by atoms with Crippen molar-refractivity contribution >= 4 is 21.8 Å². The standard InChI is InChI=1S/C30H37N3O6S/c1-23(30(35)31-19-18-24-10-14-27(38-2)15-11-24)33(21-26-12-16-28(39-3)17-13-26)29(34)22-32(40(4,36)37)20-25-8-6-5-7-9-25/h5-17,23H,18-22H2,1-4H3,(H,31,35)/t23-/m1/s1. The van der Waals surface area contributed by atoms with Crippen molar-refractivity contribution in [2.75, 3.05) is 33.6 Å². The molecule has 0 aliphatic carbocycles. The van der Waals surface area contributed by atoms with Gasteiger partial charge in [0, 0.05) is 19.6 Å². The van der Waals surface area contributed by atoms with E-state index in [1.165, 1.54) is 4.90 Å². The van der Waals surface area contributed by atoms with Gasteiger partial charge in [0.25, 0.3) is 0 Å². The summed E-state index contributed by atoms with van der Waals surface area (Å²) in [5.41, 5.74) is 2.57. The van der Waals surface area contributed by atoms with Crippen molar-refractivity contribution in [1.29, 1.82) is 0 Å². The number of hydrogen-bond donors (Lipinski definition) is 1. The fourth-order valence-electron chi connectivity index (χ4n) is 4.10. The van der Waals surface area contributed by atoms with E-state index in [-0.39, 0.29) is 19.0 Å².